The monoisotopic (exact) mass is 320 g/mol. The second-order valence-electron chi connectivity index (χ2n) is 3.98. The quantitative estimate of drug-likeness (QED) is 0.942. The first-order chi connectivity index (χ1) is 9.30. The van der Waals surface area contributed by atoms with E-state index in [0.717, 1.165) is 6.07 Å². The summed E-state index contributed by atoms with van der Waals surface area (Å²) in [5.41, 5.74) is 4.90. The van der Waals surface area contributed by atoms with Crippen LogP contribution in [0.15, 0.2) is 29.1 Å². The normalized spacial score (nSPS) is 13.2. The van der Waals surface area contributed by atoms with Crippen LogP contribution in [-0.2, 0) is 11.0 Å². The van der Waals surface area contributed by atoms with Crippen molar-refractivity contribution in [2.75, 3.05) is 0 Å². The third-order valence-electron chi connectivity index (χ3n) is 2.63. The molecule has 0 saturated carbocycles. The number of carbonyl (C=O) groups is 1. The topological polar surface area (TPSA) is 56.0 Å². The summed E-state index contributed by atoms with van der Waals surface area (Å²) < 4.78 is 37.6. The maximum absolute atomic E-state index is 12.5. The van der Waals surface area contributed by atoms with Crippen molar-refractivity contribution in [2.45, 2.75) is 12.1 Å². The summed E-state index contributed by atoms with van der Waals surface area (Å²) in [6, 6.07) is 2.39. The summed E-state index contributed by atoms with van der Waals surface area (Å²) in [7, 11) is 0. The van der Waals surface area contributed by atoms with Gasteiger partial charge in [-0.1, -0.05) is 11.6 Å². The van der Waals surface area contributed by atoms with E-state index in [-0.39, 0.29) is 10.7 Å². The van der Waals surface area contributed by atoms with E-state index < -0.39 is 23.6 Å². The smallest absolute Gasteiger partial charge is 0.369 e. The molecule has 1 unspecified atom stereocenters. The second kappa shape index (κ2) is 5.41. The van der Waals surface area contributed by atoms with E-state index in [0.29, 0.717) is 11.8 Å². The van der Waals surface area contributed by atoms with Gasteiger partial charge >= 0.3 is 6.18 Å². The first-order valence-electron chi connectivity index (χ1n) is 5.34. The molecule has 1 atom stereocenters. The highest BCUT2D eigenvalue weighted by molar-refractivity contribution is 7.08. The van der Waals surface area contributed by atoms with Crippen LogP contribution in [0.4, 0.5) is 13.2 Å². The average Bonchev–Trinajstić information content (AvgIpc) is 2.83. The Morgan fingerprint density at radius 3 is 2.60 bits per heavy atom. The highest BCUT2D eigenvalue weighted by atomic mass is 35.5. The third kappa shape index (κ3) is 2.94. The van der Waals surface area contributed by atoms with E-state index in [1.807, 2.05) is 0 Å². The molecule has 2 rings (SSSR count). The number of rotatable bonds is 3. The number of halogens is 4. The van der Waals surface area contributed by atoms with Gasteiger partial charge in [0.2, 0.25) is 5.91 Å². The van der Waals surface area contributed by atoms with Gasteiger partial charge in [-0.2, -0.15) is 24.5 Å². The van der Waals surface area contributed by atoms with Gasteiger partial charge in [0.1, 0.15) is 5.92 Å². The fourth-order valence-corrected chi connectivity index (χ4v) is 2.67. The molecule has 0 bridgehead atoms. The molecule has 0 aliphatic rings. The number of amides is 1. The van der Waals surface area contributed by atoms with Crippen LogP contribution in [0, 0.1) is 0 Å². The Bertz CT molecular complexity index is 628. The molecule has 0 fully saturated rings. The SMILES string of the molecule is NC(=O)C(c1ccsc1)c1ncc(C(F)(F)F)cc1Cl. The minimum absolute atomic E-state index is 0.0190. The standard InChI is InChI=1S/C12H8ClF3N2OS/c13-8-3-7(12(14,15)16)4-18-10(8)9(11(17)19)6-1-2-20-5-6/h1-5,9H,(H2,17,19). The van der Waals surface area contributed by atoms with Crippen LogP contribution < -0.4 is 5.73 Å². The minimum atomic E-state index is -4.54. The van der Waals surface area contributed by atoms with Crippen molar-refractivity contribution in [2.24, 2.45) is 5.73 Å². The minimum Gasteiger partial charge on any atom is -0.369 e. The van der Waals surface area contributed by atoms with Gasteiger partial charge in [-0.05, 0) is 28.5 Å². The number of hydrogen-bond donors (Lipinski definition) is 1. The number of pyridine rings is 1. The summed E-state index contributed by atoms with van der Waals surface area (Å²) in [4.78, 5) is 15.2. The van der Waals surface area contributed by atoms with Crippen molar-refractivity contribution in [1.82, 2.24) is 4.98 Å². The predicted molar refractivity (Wildman–Crippen MR) is 69.6 cm³/mol. The molecule has 0 saturated heterocycles. The fraction of sp³-hybridized carbons (Fsp3) is 0.167. The Kier molecular flexibility index (Phi) is 4.01. The highest BCUT2D eigenvalue weighted by Crippen LogP contribution is 2.35. The van der Waals surface area contributed by atoms with E-state index in [2.05, 4.69) is 4.98 Å². The molecule has 0 aliphatic carbocycles. The van der Waals surface area contributed by atoms with Crippen LogP contribution in [-0.4, -0.2) is 10.9 Å². The lowest BCUT2D eigenvalue weighted by Gasteiger charge is -2.14. The third-order valence-corrected chi connectivity index (χ3v) is 3.64. The van der Waals surface area contributed by atoms with Crippen LogP contribution in [0.3, 0.4) is 0 Å². The Hall–Kier alpha value is -1.60. The summed E-state index contributed by atoms with van der Waals surface area (Å²) in [5, 5.41) is 3.16. The predicted octanol–water partition coefficient (Wildman–Crippen LogP) is 3.43. The number of carbonyl (C=O) groups excluding carboxylic acids is 1. The lowest BCUT2D eigenvalue weighted by molar-refractivity contribution is -0.137. The molecule has 106 valence electrons. The van der Waals surface area contributed by atoms with E-state index in [9.17, 15) is 18.0 Å². The van der Waals surface area contributed by atoms with E-state index in [1.54, 1.807) is 16.8 Å². The fourth-order valence-electron chi connectivity index (χ4n) is 1.71. The van der Waals surface area contributed by atoms with Crippen LogP contribution in [0.1, 0.15) is 22.7 Å². The molecule has 0 radical (unpaired) electrons. The summed E-state index contributed by atoms with van der Waals surface area (Å²) in [6.07, 6.45) is -3.90. The van der Waals surface area contributed by atoms with Crippen molar-refractivity contribution in [3.8, 4) is 0 Å². The maximum atomic E-state index is 12.5. The second-order valence-corrected chi connectivity index (χ2v) is 5.17. The van der Waals surface area contributed by atoms with Crippen molar-refractivity contribution in [3.05, 3.63) is 50.9 Å². The van der Waals surface area contributed by atoms with Crippen LogP contribution in [0.2, 0.25) is 5.02 Å². The van der Waals surface area contributed by atoms with E-state index in [4.69, 9.17) is 17.3 Å². The molecule has 0 aliphatic heterocycles. The summed E-state index contributed by atoms with van der Waals surface area (Å²) >= 11 is 7.16. The van der Waals surface area contributed by atoms with Crippen molar-refractivity contribution in [3.63, 3.8) is 0 Å². The average molecular weight is 321 g/mol. The zero-order chi connectivity index (χ0) is 14.9. The number of hydrogen-bond acceptors (Lipinski definition) is 3. The molecular weight excluding hydrogens is 313 g/mol. The lowest BCUT2D eigenvalue weighted by atomic mass is 9.96. The van der Waals surface area contributed by atoms with Crippen LogP contribution in [0.5, 0.6) is 0 Å². The Labute approximate surface area is 121 Å². The number of alkyl halides is 3. The molecule has 2 N–H and O–H groups in total. The number of thiophene rings is 1. The molecule has 0 spiro atoms. The molecule has 0 aromatic carbocycles. The van der Waals surface area contributed by atoms with Gasteiger partial charge in [-0.15, -0.1) is 0 Å². The van der Waals surface area contributed by atoms with E-state index in [1.165, 1.54) is 11.3 Å². The molecule has 1 amide bonds. The maximum Gasteiger partial charge on any atom is 0.417 e. The Balaban J connectivity index is 2.48. The van der Waals surface area contributed by atoms with Crippen molar-refractivity contribution >= 4 is 28.8 Å². The van der Waals surface area contributed by atoms with Gasteiger partial charge in [0.15, 0.2) is 0 Å². The van der Waals surface area contributed by atoms with Gasteiger partial charge in [0.25, 0.3) is 0 Å². The van der Waals surface area contributed by atoms with Crippen LogP contribution in [0.25, 0.3) is 0 Å². The first-order valence-corrected chi connectivity index (χ1v) is 6.67. The largest absolute Gasteiger partial charge is 0.417 e. The zero-order valence-electron chi connectivity index (χ0n) is 9.82. The zero-order valence-corrected chi connectivity index (χ0v) is 11.4. The first kappa shape index (κ1) is 14.8. The van der Waals surface area contributed by atoms with Crippen molar-refractivity contribution in [1.29, 1.82) is 0 Å². The van der Waals surface area contributed by atoms with E-state index >= 15 is 0 Å². The molecule has 2 aromatic heterocycles. The summed E-state index contributed by atoms with van der Waals surface area (Å²) in [5.74, 6) is -1.69. The van der Waals surface area contributed by atoms with Gasteiger partial charge in [0.05, 0.1) is 16.3 Å². The molecule has 2 heterocycles. The van der Waals surface area contributed by atoms with Crippen LogP contribution >= 0.6 is 22.9 Å². The number of nitrogens with zero attached hydrogens (tertiary/aromatic N) is 1. The van der Waals surface area contributed by atoms with Gasteiger partial charge < -0.3 is 5.73 Å². The molecule has 2 aromatic rings. The molecular formula is C12H8ClF3N2OS. The summed E-state index contributed by atoms with van der Waals surface area (Å²) in [6.45, 7) is 0. The Morgan fingerprint density at radius 1 is 1.45 bits per heavy atom. The number of aromatic nitrogens is 1. The molecule has 3 nitrogen and oxygen atoms in total. The number of primary amides is 1. The van der Waals surface area contributed by atoms with Crippen molar-refractivity contribution < 1.29 is 18.0 Å². The highest BCUT2D eigenvalue weighted by Gasteiger charge is 2.33. The molecule has 20 heavy (non-hydrogen) atoms. The van der Waals surface area contributed by atoms with Gasteiger partial charge in [0, 0.05) is 6.20 Å². The Morgan fingerprint density at radius 2 is 2.15 bits per heavy atom. The van der Waals surface area contributed by atoms with Gasteiger partial charge in [-0.3, -0.25) is 9.78 Å². The van der Waals surface area contributed by atoms with Gasteiger partial charge in [-0.25, -0.2) is 0 Å². The molecule has 8 heteroatoms. The lowest BCUT2D eigenvalue weighted by Crippen LogP contribution is -2.23. The number of nitrogens with two attached hydrogens (primary N) is 1.